The monoisotopic (exact) mass is 541 g/mol. The maximum absolute atomic E-state index is 13.8. The highest BCUT2D eigenvalue weighted by molar-refractivity contribution is 6.06. The fourth-order valence-electron chi connectivity index (χ4n) is 4.46. The maximum Gasteiger partial charge on any atom is 0.407 e. The number of carboxylic acid groups (broad SMARTS) is 1. The van der Waals surface area contributed by atoms with E-state index in [9.17, 15) is 28.8 Å². The molecule has 39 heavy (non-hydrogen) atoms. The third-order valence-corrected chi connectivity index (χ3v) is 6.39. The lowest BCUT2D eigenvalue weighted by atomic mass is 10.0. The van der Waals surface area contributed by atoms with E-state index in [0.717, 1.165) is 5.39 Å². The van der Waals surface area contributed by atoms with Crippen molar-refractivity contribution in [3.8, 4) is 0 Å². The fourth-order valence-corrected chi connectivity index (χ4v) is 4.46. The van der Waals surface area contributed by atoms with E-state index in [1.165, 1.54) is 18.2 Å². The molecule has 4 amide bonds. The quantitative estimate of drug-likeness (QED) is 0.311. The summed E-state index contributed by atoms with van der Waals surface area (Å²) in [5.41, 5.74) is 0.134. The number of amides is 4. The number of nitrogens with one attached hydrogen (secondary N) is 3. The van der Waals surface area contributed by atoms with Gasteiger partial charge in [-0.25, -0.2) is 4.79 Å². The van der Waals surface area contributed by atoms with Gasteiger partial charge in [0.05, 0.1) is 25.6 Å². The first-order chi connectivity index (χ1) is 18.5. The lowest BCUT2D eigenvalue weighted by Crippen LogP contribution is -2.56. The summed E-state index contributed by atoms with van der Waals surface area (Å²) in [4.78, 5) is 79.7. The molecule has 1 saturated heterocycles. The van der Waals surface area contributed by atoms with Gasteiger partial charge in [0.15, 0.2) is 0 Å². The first-order valence-corrected chi connectivity index (χ1v) is 12.3. The van der Waals surface area contributed by atoms with Gasteiger partial charge in [0, 0.05) is 18.1 Å². The molecule has 4 atom stereocenters. The van der Waals surface area contributed by atoms with E-state index in [-0.39, 0.29) is 18.7 Å². The van der Waals surface area contributed by atoms with Crippen LogP contribution in [0.3, 0.4) is 0 Å². The van der Waals surface area contributed by atoms with Crippen LogP contribution in [0.2, 0.25) is 0 Å². The molecular formula is C26H31N5O8. The zero-order valence-electron chi connectivity index (χ0n) is 21.7. The molecule has 0 bridgehead atoms. The number of pyridine rings is 1. The van der Waals surface area contributed by atoms with Crippen molar-refractivity contribution < 1.29 is 38.6 Å². The second-order valence-electron chi connectivity index (χ2n) is 9.50. The summed E-state index contributed by atoms with van der Waals surface area (Å²) in [5.74, 6) is -3.62. The van der Waals surface area contributed by atoms with Crippen molar-refractivity contribution >= 4 is 46.8 Å². The molecule has 1 fully saturated rings. The van der Waals surface area contributed by atoms with Gasteiger partial charge in [0.25, 0.3) is 5.91 Å². The summed E-state index contributed by atoms with van der Waals surface area (Å²) in [6.07, 6.45) is 0.373. The van der Waals surface area contributed by atoms with Crippen molar-refractivity contribution in [3.63, 3.8) is 0 Å². The summed E-state index contributed by atoms with van der Waals surface area (Å²) in [7, 11) is 1.17. The molecule has 1 aromatic heterocycles. The number of aliphatic carboxylic acids is 1. The van der Waals surface area contributed by atoms with Crippen molar-refractivity contribution in [1.29, 1.82) is 0 Å². The molecule has 3 rings (SSSR count). The van der Waals surface area contributed by atoms with Crippen molar-refractivity contribution in [3.05, 3.63) is 42.2 Å². The number of nitrogens with zero attached hydrogens (tertiary/aromatic N) is 2. The molecule has 0 radical (unpaired) electrons. The molecule has 0 saturated carbocycles. The van der Waals surface area contributed by atoms with Gasteiger partial charge in [0.1, 0.15) is 24.1 Å². The van der Waals surface area contributed by atoms with Crippen LogP contribution in [0, 0.1) is 5.92 Å². The lowest BCUT2D eigenvalue weighted by Gasteiger charge is -2.30. The molecule has 208 valence electrons. The SMILES string of the molecule is COC(=O)N[C@@H]1C[C@@H](C(=O)N[C@H](C=O)CC(=O)O)N(C(=O)[C@@H](NC(=O)c2nccc3ccccc23)C(C)C)C1. The van der Waals surface area contributed by atoms with Crippen molar-refractivity contribution in [1.82, 2.24) is 25.8 Å². The van der Waals surface area contributed by atoms with Crippen LogP contribution in [-0.4, -0.2) is 88.9 Å². The Balaban J connectivity index is 1.86. The number of benzene rings is 1. The fraction of sp³-hybridized carbons (Fsp3) is 0.423. The minimum absolute atomic E-state index is 0.0189. The number of alkyl carbamates (subject to hydrolysis) is 1. The van der Waals surface area contributed by atoms with Gasteiger partial charge >= 0.3 is 12.1 Å². The third kappa shape index (κ3) is 7.06. The molecule has 13 heteroatoms. The zero-order chi connectivity index (χ0) is 28.7. The molecule has 2 aromatic rings. The first kappa shape index (κ1) is 29.0. The second-order valence-corrected chi connectivity index (χ2v) is 9.50. The highest BCUT2D eigenvalue weighted by atomic mass is 16.5. The van der Waals surface area contributed by atoms with Gasteiger partial charge in [0.2, 0.25) is 11.8 Å². The lowest BCUT2D eigenvalue weighted by molar-refractivity contribution is -0.142. The number of methoxy groups -OCH3 is 1. The number of likely N-dealkylation sites (tertiary alicyclic amines) is 1. The van der Waals surface area contributed by atoms with E-state index < -0.39 is 66.3 Å². The van der Waals surface area contributed by atoms with Crippen LogP contribution < -0.4 is 16.0 Å². The topological polar surface area (TPSA) is 184 Å². The Morgan fingerprint density at radius 3 is 2.51 bits per heavy atom. The van der Waals surface area contributed by atoms with E-state index in [0.29, 0.717) is 11.7 Å². The Hall–Kier alpha value is -4.55. The number of ether oxygens (including phenoxy) is 1. The number of carbonyl (C=O) groups is 6. The predicted octanol–water partition coefficient (Wildman–Crippen LogP) is 0.473. The molecular weight excluding hydrogens is 510 g/mol. The number of hydrogen-bond acceptors (Lipinski definition) is 8. The number of aldehydes is 1. The summed E-state index contributed by atoms with van der Waals surface area (Å²) in [6, 6.07) is 4.74. The van der Waals surface area contributed by atoms with Gasteiger partial charge < -0.3 is 35.5 Å². The number of rotatable bonds is 10. The number of fused-ring (bicyclic) bond motifs is 1. The van der Waals surface area contributed by atoms with Crippen LogP contribution in [0.15, 0.2) is 36.5 Å². The Morgan fingerprint density at radius 2 is 1.87 bits per heavy atom. The van der Waals surface area contributed by atoms with Gasteiger partial charge in [-0.15, -0.1) is 0 Å². The molecule has 0 unspecified atom stereocenters. The predicted molar refractivity (Wildman–Crippen MR) is 138 cm³/mol. The van der Waals surface area contributed by atoms with E-state index in [2.05, 4.69) is 25.7 Å². The first-order valence-electron chi connectivity index (χ1n) is 12.3. The molecule has 1 aromatic carbocycles. The number of aromatic nitrogens is 1. The molecule has 13 nitrogen and oxygen atoms in total. The zero-order valence-corrected chi connectivity index (χ0v) is 21.7. The van der Waals surface area contributed by atoms with Crippen LogP contribution in [0.5, 0.6) is 0 Å². The van der Waals surface area contributed by atoms with Gasteiger partial charge in [-0.3, -0.25) is 24.2 Å². The minimum atomic E-state index is -1.31. The standard InChI is InChI=1S/C26H31N5O8/c1-14(2)21(30-24(36)22-18-7-5-4-6-15(18)8-9-27-22)25(37)31-12-16(29-26(38)39-3)10-19(31)23(35)28-17(13-32)11-20(33)34/h4-9,13-14,16-17,19,21H,10-12H2,1-3H3,(H,28,35)(H,29,38)(H,30,36)(H,33,34)/t16-,17+,19+,21+/m1/s1. The average molecular weight is 542 g/mol. The Bertz CT molecular complexity index is 1260. The van der Waals surface area contributed by atoms with E-state index >= 15 is 0 Å². The number of hydrogen-bond donors (Lipinski definition) is 4. The van der Waals surface area contributed by atoms with E-state index in [1.54, 1.807) is 32.0 Å². The van der Waals surface area contributed by atoms with Crippen molar-refractivity contribution in [2.75, 3.05) is 13.7 Å². The summed E-state index contributed by atoms with van der Waals surface area (Å²) < 4.78 is 4.62. The minimum Gasteiger partial charge on any atom is -0.481 e. The summed E-state index contributed by atoms with van der Waals surface area (Å²) in [6.45, 7) is 3.37. The molecule has 0 aliphatic carbocycles. The molecule has 2 heterocycles. The molecule has 1 aliphatic rings. The van der Waals surface area contributed by atoms with Crippen LogP contribution in [-0.2, 0) is 23.9 Å². The number of carboxylic acids is 1. The summed E-state index contributed by atoms with van der Waals surface area (Å²) >= 11 is 0. The smallest absolute Gasteiger partial charge is 0.407 e. The number of carbonyl (C=O) groups excluding carboxylic acids is 5. The normalized spacial score (nSPS) is 18.2. The van der Waals surface area contributed by atoms with Crippen molar-refractivity contribution in [2.24, 2.45) is 5.92 Å². The largest absolute Gasteiger partial charge is 0.481 e. The Morgan fingerprint density at radius 1 is 1.15 bits per heavy atom. The molecule has 1 aliphatic heterocycles. The third-order valence-electron chi connectivity index (χ3n) is 6.39. The molecule has 0 spiro atoms. The van der Waals surface area contributed by atoms with Crippen LogP contribution in [0.1, 0.15) is 37.2 Å². The maximum atomic E-state index is 13.8. The van der Waals surface area contributed by atoms with Crippen LogP contribution >= 0.6 is 0 Å². The summed E-state index contributed by atoms with van der Waals surface area (Å²) in [5, 5.41) is 18.0. The van der Waals surface area contributed by atoms with E-state index in [1.807, 2.05) is 12.1 Å². The Labute approximate surface area is 224 Å². The molecule has 4 N–H and O–H groups in total. The van der Waals surface area contributed by atoms with Gasteiger partial charge in [-0.2, -0.15) is 0 Å². The van der Waals surface area contributed by atoms with Gasteiger partial charge in [-0.05, 0) is 23.8 Å². The van der Waals surface area contributed by atoms with Crippen LogP contribution in [0.25, 0.3) is 10.8 Å². The second kappa shape index (κ2) is 12.8. The van der Waals surface area contributed by atoms with Crippen LogP contribution in [0.4, 0.5) is 4.79 Å². The highest BCUT2D eigenvalue weighted by Crippen LogP contribution is 2.23. The van der Waals surface area contributed by atoms with Crippen molar-refractivity contribution in [2.45, 2.75) is 50.9 Å². The Kier molecular flexibility index (Phi) is 9.52. The highest BCUT2D eigenvalue weighted by Gasteiger charge is 2.44. The van der Waals surface area contributed by atoms with Gasteiger partial charge in [-0.1, -0.05) is 38.1 Å². The average Bonchev–Trinajstić information content (AvgIpc) is 3.33. The van der Waals surface area contributed by atoms with E-state index in [4.69, 9.17) is 5.11 Å².